The van der Waals surface area contributed by atoms with Crippen LogP contribution in [0, 0.1) is 0 Å². The quantitative estimate of drug-likeness (QED) is 0.472. The van der Waals surface area contributed by atoms with Crippen LogP contribution in [0.15, 0.2) is 5.16 Å². The maximum atomic E-state index is 5.42. The predicted octanol–water partition coefficient (Wildman–Crippen LogP) is 0.498. The normalized spacial score (nSPS) is 10.0. The molecule has 0 fully saturated rings. The fourth-order valence-corrected chi connectivity index (χ4v) is 1.10. The summed E-state index contributed by atoms with van der Waals surface area (Å²) in [5, 5.41) is 11.9. The van der Waals surface area contributed by atoms with E-state index in [1.807, 2.05) is 0 Å². The smallest absolute Gasteiger partial charge is 0.210 e. The van der Waals surface area contributed by atoms with Gasteiger partial charge < -0.3 is 0 Å². The zero-order chi connectivity index (χ0) is 6.69. The lowest BCUT2D eigenvalue weighted by Gasteiger charge is -1.89. The molecule has 0 aromatic carbocycles. The molecule has 9 heavy (non-hydrogen) atoms. The Morgan fingerprint density at radius 2 is 2.56 bits per heavy atom. The molecule has 0 N–H and O–H groups in total. The summed E-state index contributed by atoms with van der Waals surface area (Å²) in [5.74, 6) is 0. The number of halogens is 1. The lowest BCUT2D eigenvalue weighted by Crippen LogP contribution is -1.92. The van der Waals surface area contributed by atoms with Gasteiger partial charge >= 0.3 is 0 Å². The van der Waals surface area contributed by atoms with Crippen molar-refractivity contribution in [2.24, 2.45) is 7.05 Å². The minimum Gasteiger partial charge on any atom is -0.224 e. The maximum absolute atomic E-state index is 5.42. The fraction of sp³-hybridized carbons (Fsp3) is 0.667. The first-order chi connectivity index (χ1) is 4.34. The van der Waals surface area contributed by atoms with Crippen molar-refractivity contribution in [3.8, 4) is 0 Å². The molecule has 0 saturated heterocycles. The number of alkyl halides is 1. The standard InChI is InChI=1S/C3H5ClN4S/c1-8-3(9-2-4)5-6-7-8/h2H2,1H3. The van der Waals surface area contributed by atoms with Gasteiger partial charge in [-0.15, -0.1) is 16.7 Å². The Morgan fingerprint density at radius 1 is 1.78 bits per heavy atom. The second kappa shape index (κ2) is 3.03. The maximum Gasteiger partial charge on any atom is 0.210 e. The summed E-state index contributed by atoms with van der Waals surface area (Å²) in [6.45, 7) is 0. The van der Waals surface area contributed by atoms with Gasteiger partial charge in [0.25, 0.3) is 0 Å². The molecule has 0 saturated carbocycles. The second-order valence-electron chi connectivity index (χ2n) is 1.34. The molecule has 4 nitrogen and oxygen atoms in total. The van der Waals surface area contributed by atoms with E-state index in [2.05, 4.69) is 15.5 Å². The van der Waals surface area contributed by atoms with Gasteiger partial charge in [0.2, 0.25) is 5.16 Å². The van der Waals surface area contributed by atoms with Crippen LogP contribution in [0.4, 0.5) is 0 Å². The van der Waals surface area contributed by atoms with Gasteiger partial charge in [0.15, 0.2) is 0 Å². The Morgan fingerprint density at radius 3 is 3.00 bits per heavy atom. The molecule has 0 aliphatic heterocycles. The van der Waals surface area contributed by atoms with E-state index in [1.54, 1.807) is 11.7 Å². The predicted molar refractivity (Wildman–Crippen MR) is 35.4 cm³/mol. The third kappa shape index (κ3) is 1.56. The van der Waals surface area contributed by atoms with Crippen molar-refractivity contribution in [3.63, 3.8) is 0 Å². The lowest BCUT2D eigenvalue weighted by atomic mass is 11.2. The van der Waals surface area contributed by atoms with Gasteiger partial charge in [-0.05, 0) is 10.4 Å². The Kier molecular flexibility index (Phi) is 2.29. The van der Waals surface area contributed by atoms with E-state index in [0.717, 1.165) is 5.16 Å². The van der Waals surface area contributed by atoms with Gasteiger partial charge in [-0.1, -0.05) is 11.8 Å². The van der Waals surface area contributed by atoms with Crippen LogP contribution < -0.4 is 0 Å². The summed E-state index contributed by atoms with van der Waals surface area (Å²) in [5.41, 5.74) is 0. The Balaban J connectivity index is 2.69. The van der Waals surface area contributed by atoms with E-state index >= 15 is 0 Å². The summed E-state index contributed by atoms with van der Waals surface area (Å²) >= 11 is 6.82. The highest BCUT2D eigenvalue weighted by Crippen LogP contribution is 2.12. The van der Waals surface area contributed by atoms with Crippen molar-refractivity contribution in [1.29, 1.82) is 0 Å². The summed E-state index contributed by atoms with van der Waals surface area (Å²) in [6.07, 6.45) is 0. The number of aromatic nitrogens is 4. The number of aryl methyl sites for hydroxylation is 1. The molecule has 1 rings (SSSR count). The molecular weight excluding hydrogens is 160 g/mol. The molecule has 0 aliphatic rings. The van der Waals surface area contributed by atoms with Crippen LogP contribution in [-0.2, 0) is 7.05 Å². The first kappa shape index (κ1) is 6.82. The van der Waals surface area contributed by atoms with E-state index < -0.39 is 0 Å². The van der Waals surface area contributed by atoms with Crippen LogP contribution in [0.5, 0.6) is 0 Å². The second-order valence-corrected chi connectivity index (χ2v) is 2.87. The molecule has 0 unspecified atom stereocenters. The number of hydrogen-bond donors (Lipinski definition) is 0. The molecule has 0 bridgehead atoms. The van der Waals surface area contributed by atoms with Crippen LogP contribution >= 0.6 is 23.4 Å². The van der Waals surface area contributed by atoms with Crippen molar-refractivity contribution < 1.29 is 0 Å². The van der Waals surface area contributed by atoms with E-state index in [-0.39, 0.29) is 0 Å². The molecule has 1 heterocycles. The monoisotopic (exact) mass is 164 g/mol. The lowest BCUT2D eigenvalue weighted by molar-refractivity contribution is 0.665. The first-order valence-electron chi connectivity index (χ1n) is 2.25. The number of nitrogens with zero attached hydrogens (tertiary/aromatic N) is 4. The van der Waals surface area contributed by atoms with Crippen molar-refractivity contribution in [1.82, 2.24) is 20.2 Å². The van der Waals surface area contributed by atoms with E-state index in [9.17, 15) is 0 Å². The molecular formula is C3H5ClN4S. The van der Waals surface area contributed by atoms with Gasteiger partial charge in [-0.3, -0.25) is 0 Å². The van der Waals surface area contributed by atoms with Crippen LogP contribution in [0.2, 0.25) is 0 Å². The first-order valence-corrected chi connectivity index (χ1v) is 3.77. The summed E-state index contributed by atoms with van der Waals surface area (Å²) in [4.78, 5) is 0. The molecule has 50 valence electrons. The molecule has 1 aromatic heterocycles. The topological polar surface area (TPSA) is 43.6 Å². The van der Waals surface area contributed by atoms with E-state index in [4.69, 9.17) is 11.6 Å². The third-order valence-corrected chi connectivity index (χ3v) is 1.81. The van der Waals surface area contributed by atoms with Gasteiger partial charge in [-0.2, -0.15) is 0 Å². The highest BCUT2D eigenvalue weighted by molar-refractivity contribution is 8.00. The Hall–Kier alpha value is -0.290. The van der Waals surface area contributed by atoms with Gasteiger partial charge in [0.05, 0.1) is 5.21 Å². The number of tetrazole rings is 1. The van der Waals surface area contributed by atoms with Crippen molar-refractivity contribution in [2.45, 2.75) is 5.16 Å². The van der Waals surface area contributed by atoms with Crippen molar-refractivity contribution in [3.05, 3.63) is 0 Å². The molecule has 0 atom stereocenters. The third-order valence-electron chi connectivity index (χ3n) is 0.765. The average Bonchev–Trinajstić information content (AvgIpc) is 2.18. The summed E-state index contributed by atoms with van der Waals surface area (Å²) in [7, 11) is 1.77. The SMILES string of the molecule is Cn1nnnc1SCCl. The summed E-state index contributed by atoms with van der Waals surface area (Å²) < 4.78 is 1.58. The van der Waals surface area contributed by atoms with Crippen molar-refractivity contribution >= 4 is 23.4 Å². The number of thioether (sulfide) groups is 1. The zero-order valence-electron chi connectivity index (χ0n) is 4.78. The van der Waals surface area contributed by atoms with Gasteiger partial charge in [0, 0.05) is 7.05 Å². The van der Waals surface area contributed by atoms with E-state index in [0.29, 0.717) is 5.21 Å². The van der Waals surface area contributed by atoms with Crippen LogP contribution in [0.25, 0.3) is 0 Å². The highest BCUT2D eigenvalue weighted by Gasteiger charge is 1.98. The van der Waals surface area contributed by atoms with E-state index in [1.165, 1.54) is 11.8 Å². The molecule has 0 aliphatic carbocycles. The number of rotatable bonds is 2. The minimum atomic E-state index is 0.480. The van der Waals surface area contributed by atoms with Crippen LogP contribution in [0.3, 0.4) is 0 Å². The average molecular weight is 165 g/mol. The molecule has 6 heteroatoms. The Labute approximate surface area is 61.6 Å². The molecule has 0 amide bonds. The largest absolute Gasteiger partial charge is 0.224 e. The van der Waals surface area contributed by atoms with Gasteiger partial charge in [0.1, 0.15) is 0 Å². The van der Waals surface area contributed by atoms with Crippen LogP contribution in [-0.4, -0.2) is 25.4 Å². The molecule has 0 radical (unpaired) electrons. The molecule has 0 spiro atoms. The van der Waals surface area contributed by atoms with Crippen molar-refractivity contribution in [2.75, 3.05) is 5.21 Å². The summed E-state index contributed by atoms with van der Waals surface area (Å²) in [6, 6.07) is 0. The van der Waals surface area contributed by atoms with Crippen LogP contribution in [0.1, 0.15) is 0 Å². The number of hydrogen-bond acceptors (Lipinski definition) is 4. The zero-order valence-corrected chi connectivity index (χ0v) is 6.35. The fourth-order valence-electron chi connectivity index (χ4n) is 0.392. The highest BCUT2D eigenvalue weighted by atomic mass is 35.5. The minimum absolute atomic E-state index is 0.480. The Bertz CT molecular complexity index is 188. The molecule has 1 aromatic rings. The van der Waals surface area contributed by atoms with Gasteiger partial charge in [-0.25, -0.2) is 4.68 Å².